The molecule has 3 aromatic rings. The molecule has 1 N–H and O–H groups in total. The molecule has 1 atom stereocenters. The number of nitrogens with zero attached hydrogens (tertiary/aromatic N) is 2. The molecule has 1 unspecified atom stereocenters. The summed E-state index contributed by atoms with van der Waals surface area (Å²) >= 11 is 1.19. The quantitative estimate of drug-likeness (QED) is 0.633. The topological polar surface area (TPSA) is 90.4 Å². The van der Waals surface area contributed by atoms with E-state index in [0.29, 0.717) is 11.1 Å². The maximum absolute atomic E-state index is 12.1. The van der Waals surface area contributed by atoms with Crippen LogP contribution in [0.25, 0.3) is 11.5 Å². The molecule has 0 aliphatic rings. The summed E-state index contributed by atoms with van der Waals surface area (Å²) < 4.78 is 16.2. The van der Waals surface area contributed by atoms with E-state index < -0.39 is 0 Å². The zero-order valence-electron chi connectivity index (χ0n) is 14.7. The molecule has 1 aromatic carbocycles. The van der Waals surface area contributed by atoms with Crippen LogP contribution in [0.3, 0.4) is 0 Å². The van der Waals surface area contributed by atoms with Crippen LogP contribution in [0.15, 0.2) is 50.5 Å². The van der Waals surface area contributed by atoms with Crippen molar-refractivity contribution in [2.24, 2.45) is 0 Å². The Morgan fingerprint density at radius 2 is 1.96 bits per heavy atom. The lowest BCUT2D eigenvalue weighted by molar-refractivity contribution is -0.119. The van der Waals surface area contributed by atoms with Crippen molar-refractivity contribution >= 4 is 17.7 Å². The summed E-state index contributed by atoms with van der Waals surface area (Å²) in [4.78, 5) is 12.1. The minimum Gasteiger partial charge on any atom is -0.497 e. The van der Waals surface area contributed by atoms with Gasteiger partial charge in [0, 0.05) is 5.56 Å². The summed E-state index contributed by atoms with van der Waals surface area (Å²) in [5.74, 6) is 2.72. The third-order valence-corrected chi connectivity index (χ3v) is 4.45. The van der Waals surface area contributed by atoms with Crippen LogP contribution in [0, 0.1) is 6.92 Å². The number of furan rings is 1. The van der Waals surface area contributed by atoms with Gasteiger partial charge in [0.1, 0.15) is 17.3 Å². The molecular weight excluding hydrogens is 354 g/mol. The highest BCUT2D eigenvalue weighted by molar-refractivity contribution is 7.99. The van der Waals surface area contributed by atoms with E-state index in [0.717, 1.165) is 22.8 Å². The average Bonchev–Trinajstić information content (AvgIpc) is 3.29. The van der Waals surface area contributed by atoms with Gasteiger partial charge in [0.2, 0.25) is 11.8 Å². The highest BCUT2D eigenvalue weighted by atomic mass is 32.2. The molecule has 0 fully saturated rings. The fourth-order valence-corrected chi connectivity index (χ4v) is 2.86. The van der Waals surface area contributed by atoms with E-state index in [-0.39, 0.29) is 17.7 Å². The molecular formula is C18H19N3O4S. The van der Waals surface area contributed by atoms with Crippen molar-refractivity contribution in [1.29, 1.82) is 0 Å². The van der Waals surface area contributed by atoms with Crippen LogP contribution in [0.1, 0.15) is 24.5 Å². The molecule has 136 valence electrons. The van der Waals surface area contributed by atoms with Crippen LogP contribution in [-0.2, 0) is 4.79 Å². The number of ether oxygens (including phenoxy) is 1. The first-order chi connectivity index (χ1) is 12.5. The third kappa shape index (κ3) is 4.45. The SMILES string of the molecule is COc1ccc(-c2nnc(SCC(=O)NC(C)c3ccc(C)o3)o2)cc1. The van der Waals surface area contributed by atoms with E-state index >= 15 is 0 Å². The number of aryl methyl sites for hydroxylation is 1. The number of methoxy groups -OCH3 is 1. The van der Waals surface area contributed by atoms with E-state index in [9.17, 15) is 4.79 Å². The number of hydrogen-bond donors (Lipinski definition) is 1. The molecule has 0 aliphatic carbocycles. The Morgan fingerprint density at radius 3 is 2.62 bits per heavy atom. The Morgan fingerprint density at radius 1 is 1.19 bits per heavy atom. The fourth-order valence-electron chi connectivity index (χ4n) is 2.29. The van der Waals surface area contributed by atoms with E-state index in [2.05, 4.69) is 15.5 Å². The zero-order valence-corrected chi connectivity index (χ0v) is 15.5. The lowest BCUT2D eigenvalue weighted by Crippen LogP contribution is -2.27. The van der Waals surface area contributed by atoms with Crippen LogP contribution in [0.5, 0.6) is 5.75 Å². The second kappa shape index (κ2) is 8.09. The molecule has 8 heteroatoms. The van der Waals surface area contributed by atoms with Crippen LogP contribution in [0.2, 0.25) is 0 Å². The van der Waals surface area contributed by atoms with Crippen LogP contribution < -0.4 is 10.1 Å². The molecule has 2 heterocycles. The van der Waals surface area contributed by atoms with Crippen molar-refractivity contribution in [2.75, 3.05) is 12.9 Å². The summed E-state index contributed by atoms with van der Waals surface area (Å²) in [5.41, 5.74) is 0.788. The molecule has 0 saturated heterocycles. The van der Waals surface area contributed by atoms with E-state index in [1.54, 1.807) is 7.11 Å². The van der Waals surface area contributed by atoms with Gasteiger partial charge in [-0.1, -0.05) is 11.8 Å². The van der Waals surface area contributed by atoms with Crippen molar-refractivity contribution < 1.29 is 18.4 Å². The summed E-state index contributed by atoms with van der Waals surface area (Å²) in [7, 11) is 1.61. The summed E-state index contributed by atoms with van der Waals surface area (Å²) in [6.07, 6.45) is 0. The van der Waals surface area contributed by atoms with Gasteiger partial charge in [-0.3, -0.25) is 4.79 Å². The molecule has 2 aromatic heterocycles. The smallest absolute Gasteiger partial charge is 0.277 e. The Labute approximate surface area is 155 Å². The van der Waals surface area contributed by atoms with Crippen molar-refractivity contribution in [3.63, 3.8) is 0 Å². The largest absolute Gasteiger partial charge is 0.497 e. The van der Waals surface area contributed by atoms with Gasteiger partial charge >= 0.3 is 0 Å². The molecule has 3 rings (SSSR count). The van der Waals surface area contributed by atoms with Crippen molar-refractivity contribution in [2.45, 2.75) is 25.1 Å². The second-order valence-electron chi connectivity index (χ2n) is 5.63. The van der Waals surface area contributed by atoms with Gasteiger partial charge in [-0.05, 0) is 50.2 Å². The monoisotopic (exact) mass is 373 g/mol. The number of aromatic nitrogens is 2. The highest BCUT2D eigenvalue weighted by Gasteiger charge is 2.15. The number of carbonyl (C=O) groups excluding carboxylic acids is 1. The fraction of sp³-hybridized carbons (Fsp3) is 0.278. The number of benzene rings is 1. The highest BCUT2D eigenvalue weighted by Crippen LogP contribution is 2.25. The van der Waals surface area contributed by atoms with Crippen molar-refractivity contribution in [3.05, 3.63) is 47.9 Å². The third-order valence-electron chi connectivity index (χ3n) is 3.64. The Bertz CT molecular complexity index is 873. The lowest BCUT2D eigenvalue weighted by Gasteiger charge is -2.10. The minimum atomic E-state index is -0.200. The van der Waals surface area contributed by atoms with E-state index in [4.69, 9.17) is 13.6 Å². The van der Waals surface area contributed by atoms with Gasteiger partial charge in [-0.25, -0.2) is 0 Å². The average molecular weight is 373 g/mol. The molecule has 1 amide bonds. The Kier molecular flexibility index (Phi) is 5.62. The maximum Gasteiger partial charge on any atom is 0.277 e. The number of nitrogens with one attached hydrogen (secondary N) is 1. The molecule has 26 heavy (non-hydrogen) atoms. The number of amides is 1. The van der Waals surface area contributed by atoms with Gasteiger partial charge in [0.15, 0.2) is 0 Å². The molecule has 0 saturated carbocycles. The van der Waals surface area contributed by atoms with Crippen molar-refractivity contribution in [1.82, 2.24) is 15.5 Å². The Balaban J connectivity index is 1.53. The van der Waals surface area contributed by atoms with Gasteiger partial charge in [-0.2, -0.15) is 0 Å². The van der Waals surface area contributed by atoms with E-state index in [1.807, 2.05) is 50.2 Å². The first kappa shape index (κ1) is 18.1. The van der Waals surface area contributed by atoms with Gasteiger partial charge < -0.3 is 18.9 Å². The van der Waals surface area contributed by atoms with E-state index in [1.165, 1.54) is 11.8 Å². The predicted octanol–water partition coefficient (Wildman–Crippen LogP) is 3.62. The summed E-state index contributed by atoms with van der Waals surface area (Å²) in [6.45, 7) is 3.74. The molecule has 0 aliphatic heterocycles. The number of rotatable bonds is 7. The lowest BCUT2D eigenvalue weighted by atomic mass is 10.2. The zero-order chi connectivity index (χ0) is 18.5. The molecule has 0 bridgehead atoms. The number of carbonyl (C=O) groups is 1. The summed E-state index contributed by atoms with van der Waals surface area (Å²) in [5, 5.41) is 11.2. The van der Waals surface area contributed by atoms with Gasteiger partial charge in [0.05, 0.1) is 18.9 Å². The predicted molar refractivity (Wildman–Crippen MR) is 97.0 cm³/mol. The minimum absolute atomic E-state index is 0.138. The number of hydrogen-bond acceptors (Lipinski definition) is 7. The first-order valence-corrected chi connectivity index (χ1v) is 9.00. The molecule has 0 spiro atoms. The molecule has 0 radical (unpaired) electrons. The van der Waals surface area contributed by atoms with Gasteiger partial charge in [-0.15, -0.1) is 10.2 Å². The van der Waals surface area contributed by atoms with Gasteiger partial charge in [0.25, 0.3) is 5.22 Å². The second-order valence-corrected chi connectivity index (χ2v) is 6.55. The van der Waals surface area contributed by atoms with Crippen LogP contribution in [0.4, 0.5) is 0 Å². The molecule has 7 nitrogen and oxygen atoms in total. The first-order valence-electron chi connectivity index (χ1n) is 8.01. The van der Waals surface area contributed by atoms with Crippen LogP contribution in [-0.4, -0.2) is 29.0 Å². The normalized spacial score (nSPS) is 12.0. The van der Waals surface area contributed by atoms with Crippen molar-refractivity contribution in [3.8, 4) is 17.2 Å². The summed E-state index contributed by atoms with van der Waals surface area (Å²) in [6, 6.07) is 10.8. The number of thioether (sulfide) groups is 1. The maximum atomic E-state index is 12.1. The van der Waals surface area contributed by atoms with Crippen LogP contribution >= 0.6 is 11.8 Å². The Hall–Kier alpha value is -2.74. The standard InChI is InChI=1S/C18H19N3O4S/c1-11-4-9-15(24-11)12(2)19-16(22)10-26-18-21-20-17(25-18)13-5-7-14(23-3)8-6-13/h4-9,12H,10H2,1-3H3,(H,19,22).